The van der Waals surface area contributed by atoms with E-state index in [-0.39, 0.29) is 22.8 Å². The number of ketones is 1. The lowest BCUT2D eigenvalue weighted by molar-refractivity contribution is -0.119. The molecular formula is C19H19FN2O4. The first kappa shape index (κ1) is 16.8. The second-order valence-electron chi connectivity index (χ2n) is 6.85. The molecule has 1 aliphatic carbocycles. The molecule has 2 aliphatic rings. The van der Waals surface area contributed by atoms with E-state index in [1.807, 2.05) is 9.47 Å². The van der Waals surface area contributed by atoms with Crippen LogP contribution in [0.25, 0.3) is 10.9 Å². The molecular weight excluding hydrogens is 339 g/mol. The number of pyridine rings is 1. The van der Waals surface area contributed by atoms with Crippen LogP contribution in [0.5, 0.6) is 0 Å². The van der Waals surface area contributed by atoms with Crippen LogP contribution in [0.3, 0.4) is 0 Å². The topological polar surface area (TPSA) is 68.6 Å². The van der Waals surface area contributed by atoms with E-state index in [2.05, 4.69) is 0 Å². The summed E-state index contributed by atoms with van der Waals surface area (Å²) in [5.41, 5.74) is 0.397. The zero-order valence-corrected chi connectivity index (χ0v) is 14.5. The first-order valence-electron chi connectivity index (χ1n) is 8.73. The normalized spacial score (nSPS) is 17.6. The fraction of sp³-hybridized carbons (Fsp3) is 0.421. The standard InChI is InChI=1S/C19H19FN2O4/c1-26-19(25)14-10-22(11-2-3-11)16-9-17(15(20)8-13(16)18(14)24)21-6-4-12(23)5-7-21/h8-11H,2-7H2,1H3. The molecule has 0 amide bonds. The fourth-order valence-electron chi connectivity index (χ4n) is 3.51. The average molecular weight is 358 g/mol. The van der Waals surface area contributed by atoms with Gasteiger partial charge in [0.15, 0.2) is 0 Å². The van der Waals surface area contributed by atoms with Gasteiger partial charge in [-0.1, -0.05) is 0 Å². The first-order chi connectivity index (χ1) is 12.5. The van der Waals surface area contributed by atoms with Gasteiger partial charge in [-0.05, 0) is 25.0 Å². The fourth-order valence-corrected chi connectivity index (χ4v) is 3.51. The van der Waals surface area contributed by atoms with Gasteiger partial charge in [-0.2, -0.15) is 0 Å². The quantitative estimate of drug-likeness (QED) is 0.789. The van der Waals surface area contributed by atoms with E-state index in [1.165, 1.54) is 19.4 Å². The van der Waals surface area contributed by atoms with Crippen molar-refractivity contribution in [3.63, 3.8) is 0 Å². The Kier molecular flexibility index (Phi) is 4.01. The minimum atomic E-state index is -0.717. The third-order valence-electron chi connectivity index (χ3n) is 5.11. The van der Waals surface area contributed by atoms with Crippen LogP contribution in [-0.2, 0) is 9.53 Å². The molecule has 0 atom stereocenters. The van der Waals surface area contributed by atoms with E-state index in [0.29, 0.717) is 37.1 Å². The zero-order valence-electron chi connectivity index (χ0n) is 14.5. The molecule has 0 spiro atoms. The summed E-state index contributed by atoms with van der Waals surface area (Å²) in [5.74, 6) is -1.06. The number of ether oxygens (including phenoxy) is 1. The monoisotopic (exact) mass is 358 g/mol. The number of anilines is 1. The molecule has 2 fully saturated rings. The second kappa shape index (κ2) is 6.23. The Labute approximate surface area is 149 Å². The van der Waals surface area contributed by atoms with Crippen molar-refractivity contribution in [1.82, 2.24) is 4.57 Å². The summed E-state index contributed by atoms with van der Waals surface area (Å²) >= 11 is 0. The average Bonchev–Trinajstić information content (AvgIpc) is 3.47. The summed E-state index contributed by atoms with van der Waals surface area (Å²) in [6.45, 7) is 0.935. The van der Waals surface area contributed by atoms with Gasteiger partial charge in [-0.3, -0.25) is 9.59 Å². The highest BCUT2D eigenvalue weighted by Crippen LogP contribution is 2.38. The maximum absolute atomic E-state index is 14.8. The van der Waals surface area contributed by atoms with Crippen LogP contribution in [0.1, 0.15) is 42.1 Å². The van der Waals surface area contributed by atoms with Crippen molar-refractivity contribution in [1.29, 1.82) is 0 Å². The molecule has 4 rings (SSSR count). The van der Waals surface area contributed by atoms with Gasteiger partial charge in [0.25, 0.3) is 0 Å². The molecule has 1 saturated heterocycles. The molecule has 0 radical (unpaired) electrons. The summed E-state index contributed by atoms with van der Waals surface area (Å²) in [6, 6.07) is 3.07. The van der Waals surface area contributed by atoms with Crippen LogP contribution in [0, 0.1) is 5.82 Å². The van der Waals surface area contributed by atoms with Crippen LogP contribution < -0.4 is 10.3 Å². The summed E-state index contributed by atoms with van der Waals surface area (Å²) < 4.78 is 21.3. The maximum atomic E-state index is 14.8. The number of hydrogen-bond acceptors (Lipinski definition) is 5. The molecule has 136 valence electrons. The Hall–Kier alpha value is -2.70. The highest BCUT2D eigenvalue weighted by molar-refractivity contribution is 5.94. The number of Topliss-reactive ketones (excluding diaryl/α,β-unsaturated/α-hetero) is 1. The lowest BCUT2D eigenvalue weighted by Gasteiger charge is -2.29. The van der Waals surface area contributed by atoms with Gasteiger partial charge >= 0.3 is 5.97 Å². The van der Waals surface area contributed by atoms with Crippen LogP contribution in [0.2, 0.25) is 0 Å². The van der Waals surface area contributed by atoms with E-state index in [9.17, 15) is 18.8 Å². The maximum Gasteiger partial charge on any atom is 0.343 e. The Morgan fingerprint density at radius 1 is 1.19 bits per heavy atom. The van der Waals surface area contributed by atoms with Gasteiger partial charge in [0.1, 0.15) is 17.2 Å². The van der Waals surface area contributed by atoms with Crippen molar-refractivity contribution in [2.75, 3.05) is 25.1 Å². The van der Waals surface area contributed by atoms with Gasteiger partial charge in [-0.25, -0.2) is 9.18 Å². The summed E-state index contributed by atoms with van der Waals surface area (Å²) in [5, 5.41) is 0.175. The highest BCUT2D eigenvalue weighted by atomic mass is 19.1. The molecule has 0 N–H and O–H groups in total. The Morgan fingerprint density at radius 2 is 1.88 bits per heavy atom. The summed E-state index contributed by atoms with van der Waals surface area (Å²) in [6.07, 6.45) is 4.21. The number of hydrogen-bond donors (Lipinski definition) is 0. The van der Waals surface area contributed by atoms with Gasteiger partial charge in [0.2, 0.25) is 5.43 Å². The minimum Gasteiger partial charge on any atom is -0.465 e. The van der Waals surface area contributed by atoms with Crippen molar-refractivity contribution >= 4 is 28.3 Å². The van der Waals surface area contributed by atoms with Gasteiger partial charge in [0, 0.05) is 43.6 Å². The predicted molar refractivity (Wildman–Crippen MR) is 94.2 cm³/mol. The number of carbonyl (C=O) groups is 2. The smallest absolute Gasteiger partial charge is 0.343 e. The molecule has 1 saturated carbocycles. The molecule has 0 bridgehead atoms. The molecule has 1 aromatic heterocycles. The molecule has 2 aromatic rings. The minimum absolute atomic E-state index is 0.0809. The highest BCUT2D eigenvalue weighted by Gasteiger charge is 2.28. The third kappa shape index (κ3) is 2.77. The van der Waals surface area contributed by atoms with Gasteiger partial charge in [0.05, 0.1) is 18.3 Å². The van der Waals surface area contributed by atoms with Crippen molar-refractivity contribution < 1.29 is 18.7 Å². The van der Waals surface area contributed by atoms with Crippen LogP contribution in [-0.4, -0.2) is 36.5 Å². The molecule has 26 heavy (non-hydrogen) atoms. The Balaban J connectivity index is 1.90. The Morgan fingerprint density at radius 3 is 2.50 bits per heavy atom. The number of methoxy groups -OCH3 is 1. The number of aromatic nitrogens is 1. The number of carbonyl (C=O) groups excluding carboxylic acids is 2. The lowest BCUT2D eigenvalue weighted by Crippen LogP contribution is -2.34. The third-order valence-corrected chi connectivity index (χ3v) is 5.11. The van der Waals surface area contributed by atoms with E-state index in [0.717, 1.165) is 12.8 Å². The van der Waals surface area contributed by atoms with E-state index in [4.69, 9.17) is 4.74 Å². The van der Waals surface area contributed by atoms with Crippen molar-refractivity contribution in [2.24, 2.45) is 0 Å². The van der Waals surface area contributed by atoms with Gasteiger partial charge in [-0.15, -0.1) is 0 Å². The molecule has 2 heterocycles. The number of fused-ring (bicyclic) bond motifs is 1. The van der Waals surface area contributed by atoms with E-state index < -0.39 is 17.2 Å². The molecule has 0 unspecified atom stereocenters. The number of esters is 1. The molecule has 1 aromatic carbocycles. The van der Waals surface area contributed by atoms with E-state index in [1.54, 1.807) is 6.07 Å². The summed E-state index contributed by atoms with van der Waals surface area (Å²) in [4.78, 5) is 37.9. The molecule has 7 heteroatoms. The summed E-state index contributed by atoms with van der Waals surface area (Å²) in [7, 11) is 1.22. The van der Waals surface area contributed by atoms with Crippen LogP contribution >= 0.6 is 0 Å². The molecule has 6 nitrogen and oxygen atoms in total. The van der Waals surface area contributed by atoms with Crippen LogP contribution in [0.4, 0.5) is 10.1 Å². The number of halogens is 1. The number of nitrogens with zero attached hydrogens (tertiary/aromatic N) is 2. The predicted octanol–water partition coefficient (Wildman–Crippen LogP) is 2.43. The number of benzene rings is 1. The largest absolute Gasteiger partial charge is 0.465 e. The SMILES string of the molecule is COC(=O)c1cn(C2CC2)c2cc(N3CCC(=O)CC3)c(F)cc2c1=O. The number of piperidine rings is 1. The van der Waals surface area contributed by atoms with Crippen molar-refractivity contribution in [2.45, 2.75) is 31.7 Å². The van der Waals surface area contributed by atoms with E-state index >= 15 is 0 Å². The lowest BCUT2D eigenvalue weighted by atomic mass is 10.1. The molecule has 1 aliphatic heterocycles. The Bertz CT molecular complexity index is 968. The van der Waals surface area contributed by atoms with Crippen molar-refractivity contribution in [3.05, 3.63) is 39.9 Å². The second-order valence-corrected chi connectivity index (χ2v) is 6.85. The van der Waals surface area contributed by atoms with Crippen LogP contribution in [0.15, 0.2) is 23.1 Å². The first-order valence-corrected chi connectivity index (χ1v) is 8.73. The zero-order chi connectivity index (χ0) is 18.4. The number of rotatable bonds is 3. The van der Waals surface area contributed by atoms with Gasteiger partial charge < -0.3 is 14.2 Å². The van der Waals surface area contributed by atoms with Crippen molar-refractivity contribution in [3.8, 4) is 0 Å².